The quantitative estimate of drug-likeness (QED) is 0.808. The van der Waals surface area contributed by atoms with Crippen molar-refractivity contribution in [2.75, 3.05) is 26.9 Å². The van der Waals surface area contributed by atoms with E-state index in [1.165, 1.54) is 6.07 Å². The maximum Gasteiger partial charge on any atom is 0.226 e. The average molecular weight is 323 g/mol. The Kier molecular flexibility index (Phi) is 6.13. The van der Waals surface area contributed by atoms with Gasteiger partial charge in [-0.05, 0) is 32.8 Å². The predicted octanol–water partition coefficient (Wildman–Crippen LogP) is 3.01. The molecule has 0 N–H and O–H groups in total. The maximum absolute atomic E-state index is 13.9. The summed E-state index contributed by atoms with van der Waals surface area (Å²) in [7, 11) is 1.60. The van der Waals surface area contributed by atoms with Crippen LogP contribution in [0.1, 0.15) is 32.3 Å². The van der Waals surface area contributed by atoms with E-state index >= 15 is 0 Å². The normalized spacial score (nSPS) is 20.3. The fourth-order valence-corrected chi connectivity index (χ4v) is 3.00. The van der Waals surface area contributed by atoms with Crippen molar-refractivity contribution in [1.82, 2.24) is 4.90 Å². The molecule has 1 aliphatic rings. The van der Waals surface area contributed by atoms with E-state index in [-0.39, 0.29) is 29.8 Å². The van der Waals surface area contributed by atoms with Crippen LogP contribution in [0.15, 0.2) is 24.3 Å². The van der Waals surface area contributed by atoms with Crippen molar-refractivity contribution in [2.24, 2.45) is 5.92 Å². The molecule has 1 aromatic carbocycles. The van der Waals surface area contributed by atoms with Gasteiger partial charge >= 0.3 is 0 Å². The third kappa shape index (κ3) is 5.01. The molecule has 1 aliphatic heterocycles. The number of halogens is 1. The summed E-state index contributed by atoms with van der Waals surface area (Å²) in [5, 5.41) is 0. The fourth-order valence-electron chi connectivity index (χ4n) is 3.00. The van der Waals surface area contributed by atoms with Crippen LogP contribution in [-0.2, 0) is 20.8 Å². The maximum atomic E-state index is 13.9. The van der Waals surface area contributed by atoms with Crippen LogP contribution in [0.4, 0.5) is 4.39 Å². The van der Waals surface area contributed by atoms with Crippen molar-refractivity contribution in [2.45, 2.75) is 38.8 Å². The van der Waals surface area contributed by atoms with E-state index < -0.39 is 0 Å². The Hall–Kier alpha value is -1.46. The van der Waals surface area contributed by atoms with Crippen LogP contribution in [-0.4, -0.2) is 43.3 Å². The van der Waals surface area contributed by atoms with Gasteiger partial charge < -0.3 is 14.4 Å². The minimum atomic E-state index is -0.288. The molecule has 0 radical (unpaired) electrons. The van der Waals surface area contributed by atoms with Crippen molar-refractivity contribution in [3.63, 3.8) is 0 Å². The highest BCUT2D eigenvalue weighted by molar-refractivity contribution is 5.79. The molecule has 0 aromatic heterocycles. The first-order chi connectivity index (χ1) is 10.9. The number of amides is 1. The Bertz CT molecular complexity index is 533. The lowest BCUT2D eigenvalue weighted by Gasteiger charge is -2.37. The summed E-state index contributed by atoms with van der Waals surface area (Å²) in [6.45, 7) is 5.76. The van der Waals surface area contributed by atoms with Crippen molar-refractivity contribution in [1.29, 1.82) is 0 Å². The van der Waals surface area contributed by atoms with Crippen molar-refractivity contribution in [3.05, 3.63) is 35.6 Å². The number of ether oxygens (including phenoxy) is 2. The Morgan fingerprint density at radius 3 is 2.83 bits per heavy atom. The van der Waals surface area contributed by atoms with Gasteiger partial charge in [-0.25, -0.2) is 4.39 Å². The lowest BCUT2D eigenvalue weighted by molar-refractivity contribution is -0.146. The average Bonchev–Trinajstić information content (AvgIpc) is 2.51. The summed E-state index contributed by atoms with van der Waals surface area (Å²) >= 11 is 0. The number of benzene rings is 1. The number of carbonyl (C=O) groups excluding carboxylic acids is 1. The van der Waals surface area contributed by atoms with E-state index in [0.29, 0.717) is 38.2 Å². The predicted molar refractivity (Wildman–Crippen MR) is 86.4 cm³/mol. The van der Waals surface area contributed by atoms with Gasteiger partial charge in [-0.2, -0.15) is 0 Å². The summed E-state index contributed by atoms with van der Waals surface area (Å²) in [6.07, 6.45) is 1.40. The van der Waals surface area contributed by atoms with E-state index in [1.807, 2.05) is 13.8 Å². The monoisotopic (exact) mass is 323 g/mol. The molecule has 0 unspecified atom stereocenters. The molecule has 5 heteroatoms. The van der Waals surface area contributed by atoms with Crippen LogP contribution in [0, 0.1) is 11.7 Å². The standard InChI is InChI=1S/C18H26FNO3/c1-18(2)12-14(8-10-23-18)17(21)20(9-11-22-3)13-15-6-4-5-7-16(15)19/h4-7,14H,8-13H2,1-3H3/t14-/m0/s1. The molecule has 0 spiro atoms. The minimum Gasteiger partial charge on any atom is -0.383 e. The van der Waals surface area contributed by atoms with Gasteiger partial charge in [0.25, 0.3) is 0 Å². The number of carbonyl (C=O) groups is 1. The zero-order valence-electron chi connectivity index (χ0n) is 14.2. The fraction of sp³-hybridized carbons (Fsp3) is 0.611. The van der Waals surface area contributed by atoms with Gasteiger partial charge in [-0.3, -0.25) is 4.79 Å². The highest BCUT2D eigenvalue weighted by atomic mass is 19.1. The number of hydrogen-bond donors (Lipinski definition) is 0. The van der Waals surface area contributed by atoms with Crippen molar-refractivity contribution >= 4 is 5.91 Å². The summed E-state index contributed by atoms with van der Waals surface area (Å²) < 4.78 is 24.7. The number of nitrogens with zero attached hydrogens (tertiary/aromatic N) is 1. The summed E-state index contributed by atoms with van der Waals surface area (Å²) in [5.74, 6) is -0.306. The van der Waals surface area contributed by atoms with E-state index in [1.54, 1.807) is 30.2 Å². The van der Waals surface area contributed by atoms with Crippen LogP contribution in [0.3, 0.4) is 0 Å². The highest BCUT2D eigenvalue weighted by Crippen LogP contribution is 2.30. The van der Waals surface area contributed by atoms with E-state index in [4.69, 9.17) is 9.47 Å². The van der Waals surface area contributed by atoms with E-state index in [0.717, 1.165) is 0 Å². The molecular formula is C18H26FNO3. The van der Waals surface area contributed by atoms with Gasteiger partial charge in [0.15, 0.2) is 0 Å². The molecule has 1 saturated heterocycles. The molecule has 0 aliphatic carbocycles. The van der Waals surface area contributed by atoms with E-state index in [9.17, 15) is 9.18 Å². The summed E-state index contributed by atoms with van der Waals surface area (Å²) in [4.78, 5) is 14.6. The Balaban J connectivity index is 2.10. The molecule has 4 nitrogen and oxygen atoms in total. The molecule has 128 valence electrons. The number of hydrogen-bond acceptors (Lipinski definition) is 3. The zero-order chi connectivity index (χ0) is 16.9. The third-order valence-corrected chi connectivity index (χ3v) is 4.24. The first-order valence-electron chi connectivity index (χ1n) is 8.08. The Morgan fingerprint density at radius 1 is 1.43 bits per heavy atom. The van der Waals surface area contributed by atoms with Gasteiger partial charge in [-0.1, -0.05) is 18.2 Å². The molecule has 2 rings (SSSR count). The molecule has 1 atom stereocenters. The molecule has 1 aromatic rings. The van der Waals surface area contributed by atoms with Gasteiger partial charge in [0.2, 0.25) is 5.91 Å². The lowest BCUT2D eigenvalue weighted by Crippen LogP contribution is -2.44. The summed E-state index contributed by atoms with van der Waals surface area (Å²) in [5.41, 5.74) is 0.243. The smallest absolute Gasteiger partial charge is 0.226 e. The Labute approximate surface area is 137 Å². The second-order valence-corrected chi connectivity index (χ2v) is 6.64. The molecule has 1 heterocycles. The van der Waals surface area contributed by atoms with Crippen LogP contribution in [0.5, 0.6) is 0 Å². The van der Waals surface area contributed by atoms with Gasteiger partial charge in [-0.15, -0.1) is 0 Å². The molecule has 1 amide bonds. The van der Waals surface area contributed by atoms with Crippen molar-refractivity contribution < 1.29 is 18.7 Å². The van der Waals surface area contributed by atoms with Gasteiger partial charge in [0.1, 0.15) is 5.82 Å². The number of methoxy groups -OCH3 is 1. The zero-order valence-corrected chi connectivity index (χ0v) is 14.2. The largest absolute Gasteiger partial charge is 0.383 e. The van der Waals surface area contributed by atoms with Gasteiger partial charge in [0, 0.05) is 38.3 Å². The van der Waals surface area contributed by atoms with Crippen LogP contribution >= 0.6 is 0 Å². The summed E-state index contributed by atoms with van der Waals surface area (Å²) in [6, 6.07) is 6.58. The molecular weight excluding hydrogens is 297 g/mol. The SMILES string of the molecule is COCCN(Cc1ccccc1F)C(=O)[C@H]1CCOC(C)(C)C1. The number of rotatable bonds is 6. The second-order valence-electron chi connectivity index (χ2n) is 6.64. The topological polar surface area (TPSA) is 38.8 Å². The lowest BCUT2D eigenvalue weighted by atomic mass is 9.87. The van der Waals surface area contributed by atoms with Crippen molar-refractivity contribution in [3.8, 4) is 0 Å². The van der Waals surface area contributed by atoms with Crippen LogP contribution in [0.25, 0.3) is 0 Å². The highest BCUT2D eigenvalue weighted by Gasteiger charge is 2.35. The molecule has 23 heavy (non-hydrogen) atoms. The van der Waals surface area contributed by atoms with E-state index in [2.05, 4.69) is 0 Å². The minimum absolute atomic E-state index is 0.0571. The second kappa shape index (κ2) is 7.88. The van der Waals surface area contributed by atoms with Crippen LogP contribution in [0.2, 0.25) is 0 Å². The first kappa shape index (κ1) is 17.9. The van der Waals surface area contributed by atoms with Crippen LogP contribution < -0.4 is 0 Å². The molecule has 0 saturated carbocycles. The van der Waals surface area contributed by atoms with Gasteiger partial charge in [0.05, 0.1) is 12.2 Å². The third-order valence-electron chi connectivity index (χ3n) is 4.24. The Morgan fingerprint density at radius 2 is 2.17 bits per heavy atom. The first-order valence-corrected chi connectivity index (χ1v) is 8.08. The molecule has 1 fully saturated rings. The molecule has 0 bridgehead atoms.